The standard InChI is InChI=1S/C28H18N2O2/c31-28-24(27(29-32-28)20-8-2-1-3-9-20)18-19-14-16-21(17-15-19)30-25-12-6-4-10-22(25)23-11-5-7-13-26(23)30/h1-18H/b24-18-. The molecule has 152 valence electrons. The second kappa shape index (κ2) is 7.36. The van der Waals surface area contributed by atoms with Crippen molar-refractivity contribution in [3.05, 3.63) is 120 Å². The highest BCUT2D eigenvalue weighted by Crippen LogP contribution is 2.32. The quantitative estimate of drug-likeness (QED) is 0.263. The van der Waals surface area contributed by atoms with E-state index >= 15 is 0 Å². The third kappa shape index (κ3) is 2.93. The van der Waals surface area contributed by atoms with Crippen molar-refractivity contribution in [2.24, 2.45) is 5.16 Å². The molecule has 6 rings (SSSR count). The van der Waals surface area contributed by atoms with E-state index in [2.05, 4.69) is 70.4 Å². The van der Waals surface area contributed by atoms with Crippen molar-refractivity contribution in [1.82, 2.24) is 4.57 Å². The van der Waals surface area contributed by atoms with E-state index in [-0.39, 0.29) is 0 Å². The molecule has 0 fully saturated rings. The van der Waals surface area contributed by atoms with Gasteiger partial charge in [-0.15, -0.1) is 0 Å². The van der Waals surface area contributed by atoms with Crippen LogP contribution >= 0.6 is 0 Å². The first-order chi connectivity index (χ1) is 15.8. The van der Waals surface area contributed by atoms with Crippen LogP contribution in [0, 0.1) is 0 Å². The van der Waals surface area contributed by atoms with E-state index in [4.69, 9.17) is 4.84 Å². The van der Waals surface area contributed by atoms with Gasteiger partial charge >= 0.3 is 5.97 Å². The summed E-state index contributed by atoms with van der Waals surface area (Å²) in [6.45, 7) is 0. The average Bonchev–Trinajstić information content (AvgIpc) is 3.38. The van der Waals surface area contributed by atoms with E-state index in [9.17, 15) is 4.79 Å². The molecule has 0 bridgehead atoms. The van der Waals surface area contributed by atoms with Crippen LogP contribution in [0.2, 0.25) is 0 Å². The molecule has 1 aromatic heterocycles. The van der Waals surface area contributed by atoms with Gasteiger partial charge in [-0.1, -0.05) is 84.0 Å². The lowest BCUT2D eigenvalue weighted by molar-refractivity contribution is -0.136. The molecular formula is C28H18N2O2. The fraction of sp³-hybridized carbons (Fsp3) is 0. The van der Waals surface area contributed by atoms with Crippen molar-refractivity contribution in [2.45, 2.75) is 0 Å². The number of benzene rings is 4. The zero-order chi connectivity index (χ0) is 21.5. The van der Waals surface area contributed by atoms with E-state index in [0.29, 0.717) is 11.3 Å². The minimum Gasteiger partial charge on any atom is -0.312 e. The van der Waals surface area contributed by atoms with Crippen molar-refractivity contribution >= 4 is 39.6 Å². The van der Waals surface area contributed by atoms with E-state index in [1.807, 2.05) is 48.5 Å². The predicted molar refractivity (Wildman–Crippen MR) is 128 cm³/mol. The molecule has 5 aromatic rings. The third-order valence-corrected chi connectivity index (χ3v) is 5.78. The molecule has 4 aromatic carbocycles. The first-order valence-corrected chi connectivity index (χ1v) is 10.4. The van der Waals surface area contributed by atoms with Crippen LogP contribution in [0.15, 0.2) is 114 Å². The van der Waals surface area contributed by atoms with Crippen molar-refractivity contribution in [3.8, 4) is 5.69 Å². The van der Waals surface area contributed by atoms with Crippen molar-refractivity contribution in [2.75, 3.05) is 0 Å². The highest BCUT2D eigenvalue weighted by Gasteiger charge is 2.26. The molecule has 4 heteroatoms. The molecule has 0 unspecified atom stereocenters. The van der Waals surface area contributed by atoms with Gasteiger partial charge in [0.25, 0.3) is 0 Å². The second-order valence-electron chi connectivity index (χ2n) is 7.70. The Labute approximate surface area is 184 Å². The van der Waals surface area contributed by atoms with E-state index < -0.39 is 5.97 Å². The molecule has 2 heterocycles. The first-order valence-electron chi connectivity index (χ1n) is 10.4. The number of oxime groups is 1. The minimum absolute atomic E-state index is 0.435. The summed E-state index contributed by atoms with van der Waals surface area (Å²) in [5.74, 6) is -0.435. The van der Waals surface area contributed by atoms with Crippen LogP contribution in [0.3, 0.4) is 0 Å². The van der Waals surface area contributed by atoms with Gasteiger partial charge in [-0.2, -0.15) is 0 Å². The maximum atomic E-state index is 12.3. The Morgan fingerprint density at radius 1 is 0.688 bits per heavy atom. The lowest BCUT2D eigenvalue weighted by Crippen LogP contribution is -2.06. The fourth-order valence-electron chi connectivity index (χ4n) is 4.30. The van der Waals surface area contributed by atoms with E-state index in [0.717, 1.165) is 27.8 Å². The minimum atomic E-state index is -0.435. The maximum Gasteiger partial charge on any atom is 0.368 e. The zero-order valence-electron chi connectivity index (χ0n) is 17.1. The highest BCUT2D eigenvalue weighted by molar-refractivity contribution is 6.31. The molecule has 0 atom stereocenters. The highest BCUT2D eigenvalue weighted by atomic mass is 16.7. The SMILES string of the molecule is O=C1ON=C(c2ccccc2)/C1=C/c1ccc(-n2c3ccccc3c3ccccc32)cc1. The predicted octanol–water partition coefficient (Wildman–Crippen LogP) is 6.13. The normalized spacial score (nSPS) is 14.8. The molecule has 0 aliphatic carbocycles. The summed E-state index contributed by atoms with van der Waals surface area (Å²) in [5.41, 5.74) is 6.17. The van der Waals surface area contributed by atoms with Crippen LogP contribution in [0.25, 0.3) is 33.6 Å². The topological polar surface area (TPSA) is 43.6 Å². The zero-order valence-corrected chi connectivity index (χ0v) is 17.1. The summed E-state index contributed by atoms with van der Waals surface area (Å²) in [6, 6.07) is 34.6. The molecule has 1 aliphatic rings. The molecule has 0 amide bonds. The Kier molecular flexibility index (Phi) is 4.22. The number of carbonyl (C=O) groups excluding carboxylic acids is 1. The monoisotopic (exact) mass is 414 g/mol. The summed E-state index contributed by atoms with van der Waals surface area (Å²) in [4.78, 5) is 17.3. The molecule has 1 aliphatic heterocycles. The van der Waals surface area contributed by atoms with Gasteiger partial charge in [0.15, 0.2) is 0 Å². The Bertz CT molecular complexity index is 1490. The summed E-state index contributed by atoms with van der Waals surface area (Å²) < 4.78 is 2.27. The van der Waals surface area contributed by atoms with Crippen LogP contribution < -0.4 is 0 Å². The number of fused-ring (bicyclic) bond motifs is 3. The Balaban J connectivity index is 1.42. The van der Waals surface area contributed by atoms with Gasteiger partial charge in [-0.3, -0.25) is 0 Å². The van der Waals surface area contributed by atoms with Gasteiger partial charge in [0.05, 0.1) is 16.6 Å². The van der Waals surface area contributed by atoms with Crippen molar-refractivity contribution in [1.29, 1.82) is 0 Å². The number of hydrogen-bond donors (Lipinski definition) is 0. The Hall–Kier alpha value is -4.44. The summed E-state index contributed by atoms with van der Waals surface area (Å²) in [6.07, 6.45) is 1.83. The summed E-state index contributed by atoms with van der Waals surface area (Å²) in [5, 5.41) is 6.44. The number of rotatable bonds is 3. The van der Waals surface area contributed by atoms with E-state index in [1.54, 1.807) is 0 Å². The van der Waals surface area contributed by atoms with Gasteiger partial charge in [0, 0.05) is 22.0 Å². The lowest BCUT2D eigenvalue weighted by Gasteiger charge is -2.08. The van der Waals surface area contributed by atoms with Crippen LogP contribution in [0.5, 0.6) is 0 Å². The lowest BCUT2D eigenvalue weighted by atomic mass is 10.0. The average molecular weight is 414 g/mol. The fourth-order valence-corrected chi connectivity index (χ4v) is 4.30. The second-order valence-corrected chi connectivity index (χ2v) is 7.70. The van der Waals surface area contributed by atoms with Gasteiger partial charge in [-0.25, -0.2) is 4.79 Å². The summed E-state index contributed by atoms with van der Waals surface area (Å²) in [7, 11) is 0. The van der Waals surface area contributed by atoms with Crippen LogP contribution in [-0.2, 0) is 9.63 Å². The van der Waals surface area contributed by atoms with Crippen LogP contribution in [0.4, 0.5) is 0 Å². The molecular weight excluding hydrogens is 396 g/mol. The summed E-state index contributed by atoms with van der Waals surface area (Å²) >= 11 is 0. The Morgan fingerprint density at radius 3 is 1.94 bits per heavy atom. The molecule has 0 N–H and O–H groups in total. The molecule has 0 saturated carbocycles. The van der Waals surface area contributed by atoms with Gasteiger partial charge in [0.2, 0.25) is 0 Å². The molecule has 4 nitrogen and oxygen atoms in total. The first kappa shape index (κ1) is 18.3. The smallest absolute Gasteiger partial charge is 0.312 e. The van der Waals surface area contributed by atoms with Crippen LogP contribution in [-0.4, -0.2) is 16.2 Å². The largest absolute Gasteiger partial charge is 0.368 e. The Morgan fingerprint density at radius 2 is 1.28 bits per heavy atom. The van der Waals surface area contributed by atoms with Crippen molar-refractivity contribution < 1.29 is 9.63 Å². The third-order valence-electron chi connectivity index (χ3n) is 5.78. The number of carbonyl (C=O) groups is 1. The maximum absolute atomic E-state index is 12.3. The van der Waals surface area contributed by atoms with E-state index in [1.165, 1.54) is 10.8 Å². The number of para-hydroxylation sites is 2. The molecule has 0 spiro atoms. The molecule has 0 radical (unpaired) electrons. The van der Waals surface area contributed by atoms with Gasteiger partial charge in [-0.05, 0) is 35.9 Å². The number of hydrogen-bond acceptors (Lipinski definition) is 3. The van der Waals surface area contributed by atoms with Crippen LogP contribution in [0.1, 0.15) is 11.1 Å². The number of nitrogens with zero attached hydrogens (tertiary/aromatic N) is 2. The number of aromatic nitrogens is 1. The van der Waals surface area contributed by atoms with Gasteiger partial charge < -0.3 is 9.40 Å². The van der Waals surface area contributed by atoms with Crippen molar-refractivity contribution in [3.63, 3.8) is 0 Å². The molecule has 32 heavy (non-hydrogen) atoms. The molecule has 0 saturated heterocycles. The van der Waals surface area contributed by atoms with Gasteiger partial charge in [0.1, 0.15) is 5.71 Å².